The van der Waals surface area contributed by atoms with Gasteiger partial charge in [0.05, 0.1) is 16.6 Å². The van der Waals surface area contributed by atoms with Crippen molar-refractivity contribution in [1.82, 2.24) is 9.80 Å². The number of para-hydroxylation sites is 1. The van der Waals surface area contributed by atoms with Crippen molar-refractivity contribution in [1.29, 1.82) is 0 Å². The maximum absolute atomic E-state index is 14.3. The van der Waals surface area contributed by atoms with Crippen LogP contribution in [0.4, 0.5) is 5.69 Å². The van der Waals surface area contributed by atoms with Crippen molar-refractivity contribution in [2.75, 3.05) is 37.7 Å². The van der Waals surface area contributed by atoms with Crippen LogP contribution in [0.3, 0.4) is 0 Å². The number of amides is 3. The summed E-state index contributed by atoms with van der Waals surface area (Å²) in [7, 11) is 0. The Morgan fingerprint density at radius 3 is 2.48 bits per heavy atom. The van der Waals surface area contributed by atoms with Crippen molar-refractivity contribution in [3.63, 3.8) is 0 Å². The minimum atomic E-state index is -0.591. The molecule has 1 N–H and O–H groups in total. The van der Waals surface area contributed by atoms with Gasteiger partial charge in [0.25, 0.3) is 0 Å². The predicted molar refractivity (Wildman–Crippen MR) is 162 cm³/mol. The van der Waals surface area contributed by atoms with Gasteiger partial charge in [-0.15, -0.1) is 24.9 Å². The van der Waals surface area contributed by atoms with Crippen LogP contribution in [0.1, 0.15) is 58.3 Å². The van der Waals surface area contributed by atoms with Crippen LogP contribution in [-0.4, -0.2) is 81.5 Å². The molecular weight excluding hydrogens is 522 g/mol. The van der Waals surface area contributed by atoms with E-state index in [1.54, 1.807) is 28.8 Å². The molecule has 5 atom stereocenters. The fraction of sp³-hybridized carbons (Fsp3) is 0.594. The fourth-order valence-corrected chi connectivity index (χ4v) is 9.12. The quantitative estimate of drug-likeness (QED) is 0.232. The second-order valence-corrected chi connectivity index (χ2v) is 12.8. The summed E-state index contributed by atoms with van der Waals surface area (Å²) in [6.45, 7) is 12.0. The molecule has 3 fully saturated rings. The van der Waals surface area contributed by atoms with E-state index < -0.39 is 22.6 Å². The van der Waals surface area contributed by atoms with Gasteiger partial charge in [0.15, 0.2) is 0 Å². The Hall–Kier alpha value is -2.58. The zero-order chi connectivity index (χ0) is 28.7. The lowest BCUT2D eigenvalue weighted by Crippen LogP contribution is -2.55. The molecule has 7 nitrogen and oxygen atoms in total. The topological polar surface area (TPSA) is 81.2 Å². The van der Waals surface area contributed by atoms with Gasteiger partial charge in [-0.1, -0.05) is 56.5 Å². The van der Waals surface area contributed by atoms with Crippen LogP contribution in [0.25, 0.3) is 0 Å². The van der Waals surface area contributed by atoms with Crippen LogP contribution in [0.5, 0.6) is 0 Å². The number of hydrogen-bond acceptors (Lipinski definition) is 5. The van der Waals surface area contributed by atoms with Crippen molar-refractivity contribution in [2.45, 2.75) is 74.3 Å². The maximum Gasteiger partial charge on any atom is 0.247 e. The van der Waals surface area contributed by atoms with E-state index in [0.29, 0.717) is 26.2 Å². The van der Waals surface area contributed by atoms with E-state index in [2.05, 4.69) is 20.1 Å². The number of thioether (sulfide) groups is 1. The Kier molecular flexibility index (Phi) is 10.5. The number of anilines is 1. The van der Waals surface area contributed by atoms with Gasteiger partial charge >= 0.3 is 0 Å². The van der Waals surface area contributed by atoms with E-state index in [-0.39, 0.29) is 29.6 Å². The van der Waals surface area contributed by atoms with Gasteiger partial charge < -0.3 is 19.8 Å². The number of carbonyl (C=O) groups is 3. The van der Waals surface area contributed by atoms with Crippen LogP contribution < -0.4 is 4.90 Å². The van der Waals surface area contributed by atoms with Crippen LogP contribution >= 0.6 is 11.8 Å². The van der Waals surface area contributed by atoms with Gasteiger partial charge in [-0.25, -0.2) is 0 Å². The Balaban J connectivity index is 1.68. The highest BCUT2D eigenvalue weighted by molar-refractivity contribution is 8.02. The first-order valence-electron chi connectivity index (χ1n) is 14.9. The van der Waals surface area contributed by atoms with Crippen LogP contribution in [-0.2, 0) is 14.4 Å². The standard InChI is InChI=1S/C32H45N3O4S/c1-4-7-21-33(19-5-2)31(39)28-32-18-17-25(40-32)26(27(32)30(38)35(28)22-13-8-9-14-23-36)29(37)34(20-6-3)24-15-11-10-12-16-24/h5-6,10-12,15-16,25-28,36H,2-4,7-9,13-14,17-23H2,1H3/t25-,26+,27+,28?,32?/m1/s1. The van der Waals surface area contributed by atoms with Gasteiger partial charge in [-0.05, 0) is 44.2 Å². The Labute approximate surface area is 243 Å². The SMILES string of the molecule is C=CCN(CCCC)C(=O)C1N(CCCCCCO)C(=O)[C@@H]2[C@@H](C(=O)N(CC=C)c3ccccc3)[C@H]3CCC12S3. The monoisotopic (exact) mass is 567 g/mol. The van der Waals surface area contributed by atoms with Crippen molar-refractivity contribution >= 4 is 35.2 Å². The number of aliphatic hydroxyl groups excluding tert-OH is 1. The highest BCUT2D eigenvalue weighted by Crippen LogP contribution is 2.66. The Morgan fingerprint density at radius 2 is 1.80 bits per heavy atom. The smallest absolute Gasteiger partial charge is 0.247 e. The normalized spacial score (nSPS) is 26.6. The molecule has 1 aromatic rings. The number of benzene rings is 1. The summed E-state index contributed by atoms with van der Waals surface area (Å²) in [6.07, 6.45) is 10.2. The molecule has 4 rings (SSSR count). The fourth-order valence-electron chi connectivity index (χ4n) is 6.91. The zero-order valence-corrected chi connectivity index (χ0v) is 24.7. The summed E-state index contributed by atoms with van der Waals surface area (Å²) in [5.41, 5.74) is 0.796. The van der Waals surface area contributed by atoms with Gasteiger partial charge in [-0.2, -0.15) is 0 Å². The molecule has 1 spiro atoms. The summed E-state index contributed by atoms with van der Waals surface area (Å²) < 4.78 is -0.591. The molecule has 3 amide bonds. The first kappa shape index (κ1) is 30.4. The Morgan fingerprint density at radius 1 is 1.07 bits per heavy atom. The summed E-state index contributed by atoms with van der Waals surface area (Å²) in [4.78, 5) is 48.3. The van der Waals surface area contributed by atoms with Gasteiger partial charge in [0.1, 0.15) is 6.04 Å². The Bertz CT molecular complexity index is 1070. The molecule has 2 bridgehead atoms. The first-order chi connectivity index (χ1) is 19.4. The second kappa shape index (κ2) is 13.9. The average molecular weight is 568 g/mol. The van der Waals surface area contributed by atoms with E-state index >= 15 is 0 Å². The minimum absolute atomic E-state index is 0.00758. The lowest BCUT2D eigenvalue weighted by atomic mass is 9.70. The lowest BCUT2D eigenvalue weighted by Gasteiger charge is -2.37. The van der Waals surface area contributed by atoms with Gasteiger partial charge in [-0.3, -0.25) is 14.4 Å². The molecule has 0 radical (unpaired) electrons. The lowest BCUT2D eigenvalue weighted by molar-refractivity contribution is -0.142. The van der Waals surface area contributed by atoms with Crippen molar-refractivity contribution < 1.29 is 19.5 Å². The number of carbonyl (C=O) groups excluding carboxylic acids is 3. The molecule has 40 heavy (non-hydrogen) atoms. The summed E-state index contributed by atoms with van der Waals surface area (Å²) in [6, 6.07) is 9.00. The van der Waals surface area contributed by atoms with Crippen molar-refractivity contribution in [3.8, 4) is 0 Å². The number of aliphatic hydroxyl groups is 1. The third-order valence-corrected chi connectivity index (χ3v) is 10.7. The zero-order valence-electron chi connectivity index (χ0n) is 23.9. The van der Waals surface area contributed by atoms with Crippen LogP contribution in [0.2, 0.25) is 0 Å². The van der Waals surface area contributed by atoms with Gasteiger partial charge in [0.2, 0.25) is 17.7 Å². The molecule has 0 aliphatic carbocycles. The minimum Gasteiger partial charge on any atom is -0.396 e. The number of unbranched alkanes of at least 4 members (excludes halogenated alkanes) is 4. The van der Waals surface area contributed by atoms with E-state index in [9.17, 15) is 19.5 Å². The number of nitrogens with zero attached hydrogens (tertiary/aromatic N) is 3. The first-order valence-corrected chi connectivity index (χ1v) is 15.8. The second-order valence-electron chi connectivity index (χ2n) is 11.2. The molecule has 1 aromatic carbocycles. The number of rotatable bonds is 16. The predicted octanol–water partition coefficient (Wildman–Crippen LogP) is 4.66. The van der Waals surface area contributed by atoms with Gasteiger partial charge in [0, 0.05) is 43.7 Å². The van der Waals surface area contributed by atoms with E-state index in [1.165, 1.54) is 0 Å². The van der Waals surface area contributed by atoms with E-state index in [0.717, 1.165) is 57.1 Å². The molecule has 3 saturated heterocycles. The molecule has 218 valence electrons. The highest BCUT2D eigenvalue weighted by atomic mass is 32.2. The highest BCUT2D eigenvalue weighted by Gasteiger charge is 2.74. The van der Waals surface area contributed by atoms with Crippen molar-refractivity contribution in [2.24, 2.45) is 11.8 Å². The average Bonchev–Trinajstić information content (AvgIpc) is 3.61. The van der Waals surface area contributed by atoms with Crippen LogP contribution in [0.15, 0.2) is 55.6 Å². The number of likely N-dealkylation sites (tertiary alicyclic amines) is 1. The number of fused-ring (bicyclic) bond motifs is 1. The third kappa shape index (κ3) is 5.75. The summed E-state index contributed by atoms with van der Waals surface area (Å²) in [5, 5.41) is 9.19. The van der Waals surface area contributed by atoms with E-state index in [1.807, 2.05) is 40.1 Å². The largest absolute Gasteiger partial charge is 0.396 e. The maximum atomic E-state index is 14.3. The van der Waals surface area contributed by atoms with Crippen molar-refractivity contribution in [3.05, 3.63) is 55.6 Å². The van der Waals surface area contributed by atoms with Crippen LogP contribution in [0, 0.1) is 11.8 Å². The molecule has 3 aliphatic rings. The number of hydrogen-bond donors (Lipinski definition) is 1. The molecular formula is C32H45N3O4S. The third-order valence-electron chi connectivity index (χ3n) is 8.71. The van der Waals surface area contributed by atoms with E-state index in [4.69, 9.17) is 0 Å². The molecule has 3 aliphatic heterocycles. The molecule has 3 heterocycles. The summed E-state index contributed by atoms with van der Waals surface area (Å²) >= 11 is 1.73. The summed E-state index contributed by atoms with van der Waals surface area (Å²) in [5.74, 6) is -1.08. The molecule has 0 aromatic heterocycles. The molecule has 8 heteroatoms. The molecule has 2 unspecified atom stereocenters. The molecule has 0 saturated carbocycles.